The summed E-state index contributed by atoms with van der Waals surface area (Å²) >= 11 is 1.75. The zero-order valence-electron chi connectivity index (χ0n) is 14.3. The van der Waals surface area contributed by atoms with Crippen molar-refractivity contribution in [1.82, 2.24) is 0 Å². The molecular weight excluding hydrogens is 322 g/mol. The maximum atomic E-state index is 4.94. The number of allylic oxidation sites excluding steroid dienone is 3. The van der Waals surface area contributed by atoms with Gasteiger partial charge in [0.1, 0.15) is 0 Å². The van der Waals surface area contributed by atoms with Gasteiger partial charge in [-0.2, -0.15) is 0 Å². The summed E-state index contributed by atoms with van der Waals surface area (Å²) in [7, 11) is 0. The lowest BCUT2D eigenvalue weighted by atomic mass is 9.98. The number of fused-ring (bicyclic) bond motifs is 1. The van der Waals surface area contributed by atoms with Crippen molar-refractivity contribution in [1.29, 1.82) is 0 Å². The Labute approximate surface area is 153 Å². The maximum absolute atomic E-state index is 4.94. The summed E-state index contributed by atoms with van der Waals surface area (Å²) in [6, 6.07) is 18.8. The zero-order chi connectivity index (χ0) is 17.5. The number of hydrogen-bond donors (Lipinski definition) is 0. The fourth-order valence-corrected chi connectivity index (χ4v) is 3.73. The molecule has 2 aromatic carbocycles. The Hall–Kier alpha value is -2.71. The first-order chi connectivity index (χ1) is 12.3. The van der Waals surface area contributed by atoms with Crippen molar-refractivity contribution in [2.75, 3.05) is 0 Å². The molecule has 0 amide bonds. The summed E-state index contributed by atoms with van der Waals surface area (Å²) in [5, 5.41) is 3.42. The zero-order valence-corrected chi connectivity index (χ0v) is 15.1. The van der Waals surface area contributed by atoms with Gasteiger partial charge in [0, 0.05) is 27.2 Å². The van der Waals surface area contributed by atoms with Crippen molar-refractivity contribution >= 4 is 27.6 Å². The maximum Gasteiger partial charge on any atom is 0.0999 e. The fourth-order valence-electron chi connectivity index (χ4n) is 2.82. The van der Waals surface area contributed by atoms with Gasteiger partial charge in [-0.25, -0.2) is 0 Å². The van der Waals surface area contributed by atoms with Crippen molar-refractivity contribution in [3.63, 3.8) is 0 Å². The lowest BCUT2D eigenvalue weighted by molar-refractivity contribution is 0.877. The van der Waals surface area contributed by atoms with E-state index in [-0.39, 0.29) is 6.04 Å². The third-order valence-electron chi connectivity index (χ3n) is 3.97. The molecule has 1 atom stereocenters. The minimum Gasteiger partial charge on any atom is -0.280 e. The van der Waals surface area contributed by atoms with E-state index in [9.17, 15) is 0 Å². The Kier molecular flexibility index (Phi) is 5.76. The van der Waals surface area contributed by atoms with Gasteiger partial charge in [0.25, 0.3) is 0 Å². The molecule has 1 unspecified atom stereocenters. The first-order valence-corrected chi connectivity index (χ1v) is 9.21. The van der Waals surface area contributed by atoms with Crippen LogP contribution in [0.5, 0.6) is 0 Å². The molecule has 0 bridgehead atoms. The monoisotopic (exact) mass is 343 g/mol. The molecule has 0 saturated carbocycles. The molecule has 0 aliphatic rings. The largest absolute Gasteiger partial charge is 0.280 e. The van der Waals surface area contributed by atoms with Crippen LogP contribution in [0.2, 0.25) is 0 Å². The third-order valence-corrected chi connectivity index (χ3v) is 4.96. The first kappa shape index (κ1) is 17.1. The molecule has 0 radical (unpaired) electrons. The van der Waals surface area contributed by atoms with Crippen LogP contribution in [-0.4, -0.2) is 6.21 Å². The van der Waals surface area contributed by atoms with Crippen molar-refractivity contribution in [3.05, 3.63) is 108 Å². The number of nitrogens with zero attached hydrogens (tertiary/aromatic N) is 1. The molecule has 0 fully saturated rings. The SMILES string of the molecule is C=C/C=C(\C=C/C)C(N=Cc1csc2ccccc12)c1ccccc1. The van der Waals surface area contributed by atoms with Crippen LogP contribution in [0.15, 0.2) is 101 Å². The van der Waals surface area contributed by atoms with Crippen LogP contribution in [0.3, 0.4) is 0 Å². The van der Waals surface area contributed by atoms with Crippen LogP contribution in [0.4, 0.5) is 0 Å². The van der Waals surface area contributed by atoms with Crippen molar-refractivity contribution in [3.8, 4) is 0 Å². The summed E-state index contributed by atoms with van der Waals surface area (Å²) in [5.74, 6) is 0. The Bertz CT molecular complexity index is 929. The van der Waals surface area contributed by atoms with E-state index in [0.717, 1.165) is 5.57 Å². The fraction of sp³-hybridized carbons (Fsp3) is 0.0870. The Morgan fingerprint density at radius 1 is 1.08 bits per heavy atom. The molecule has 124 valence electrons. The number of benzene rings is 2. The molecule has 0 saturated heterocycles. The number of hydrogen-bond acceptors (Lipinski definition) is 2. The van der Waals surface area contributed by atoms with Gasteiger partial charge in [-0.3, -0.25) is 4.99 Å². The van der Waals surface area contributed by atoms with E-state index in [1.165, 1.54) is 21.2 Å². The molecule has 2 heteroatoms. The minimum absolute atomic E-state index is 0.0472. The quantitative estimate of drug-likeness (QED) is 0.347. The Balaban J connectivity index is 2.02. The van der Waals surface area contributed by atoms with Crippen molar-refractivity contribution in [2.45, 2.75) is 13.0 Å². The Morgan fingerprint density at radius 3 is 2.60 bits per heavy atom. The summed E-state index contributed by atoms with van der Waals surface area (Å²) in [4.78, 5) is 4.94. The highest BCUT2D eigenvalue weighted by Crippen LogP contribution is 2.29. The second-order valence-corrected chi connectivity index (χ2v) is 6.59. The van der Waals surface area contributed by atoms with E-state index in [2.05, 4.69) is 66.6 Å². The van der Waals surface area contributed by atoms with Gasteiger partial charge in [-0.1, -0.05) is 79.4 Å². The highest BCUT2D eigenvalue weighted by molar-refractivity contribution is 7.17. The van der Waals surface area contributed by atoms with E-state index >= 15 is 0 Å². The highest BCUT2D eigenvalue weighted by Gasteiger charge is 2.12. The van der Waals surface area contributed by atoms with Gasteiger partial charge in [-0.15, -0.1) is 11.3 Å². The van der Waals surface area contributed by atoms with Crippen LogP contribution < -0.4 is 0 Å². The number of aliphatic imine (C=N–C) groups is 1. The van der Waals surface area contributed by atoms with Crippen LogP contribution in [-0.2, 0) is 0 Å². The summed E-state index contributed by atoms with van der Waals surface area (Å²) in [6.07, 6.45) is 9.99. The molecule has 1 heterocycles. The minimum atomic E-state index is -0.0472. The molecule has 0 aliphatic heterocycles. The smallest absolute Gasteiger partial charge is 0.0999 e. The topological polar surface area (TPSA) is 12.4 Å². The standard InChI is InChI=1S/C23H21NS/c1-3-10-18(11-4-2)23(19-12-6-5-7-13-19)24-16-20-17-25-22-15-9-8-14-21(20)22/h3-17,23H,1H2,2H3/b11-4-,18-10+,24-16?. The van der Waals surface area contributed by atoms with Crippen LogP contribution in [0.25, 0.3) is 10.1 Å². The van der Waals surface area contributed by atoms with Crippen molar-refractivity contribution < 1.29 is 0 Å². The second kappa shape index (κ2) is 8.41. The molecule has 3 aromatic rings. The van der Waals surface area contributed by atoms with Gasteiger partial charge < -0.3 is 0 Å². The first-order valence-electron chi connectivity index (χ1n) is 8.33. The normalized spacial score (nSPS) is 13.7. The summed E-state index contributed by atoms with van der Waals surface area (Å²) in [5.41, 5.74) is 3.46. The molecule has 3 rings (SSSR count). The predicted octanol–water partition coefficient (Wildman–Crippen LogP) is 6.75. The van der Waals surface area contributed by atoms with Crippen LogP contribution in [0, 0.1) is 0 Å². The van der Waals surface area contributed by atoms with Crippen LogP contribution in [0.1, 0.15) is 24.1 Å². The number of rotatable bonds is 6. The predicted molar refractivity (Wildman–Crippen MR) is 112 cm³/mol. The molecule has 25 heavy (non-hydrogen) atoms. The van der Waals surface area contributed by atoms with E-state index in [1.54, 1.807) is 11.3 Å². The molecular formula is C23H21NS. The highest BCUT2D eigenvalue weighted by atomic mass is 32.1. The molecule has 1 aromatic heterocycles. The lowest BCUT2D eigenvalue weighted by Crippen LogP contribution is -1.99. The van der Waals surface area contributed by atoms with Crippen LogP contribution >= 0.6 is 11.3 Å². The lowest BCUT2D eigenvalue weighted by Gasteiger charge is -2.14. The van der Waals surface area contributed by atoms with E-state index in [1.807, 2.05) is 37.4 Å². The average molecular weight is 343 g/mol. The van der Waals surface area contributed by atoms with Gasteiger partial charge in [-0.05, 0) is 24.1 Å². The van der Waals surface area contributed by atoms with E-state index < -0.39 is 0 Å². The van der Waals surface area contributed by atoms with E-state index in [0.29, 0.717) is 0 Å². The third kappa shape index (κ3) is 4.04. The van der Waals surface area contributed by atoms with E-state index in [4.69, 9.17) is 4.99 Å². The second-order valence-electron chi connectivity index (χ2n) is 5.68. The molecule has 0 aliphatic carbocycles. The van der Waals surface area contributed by atoms with Crippen molar-refractivity contribution in [2.24, 2.45) is 4.99 Å². The Morgan fingerprint density at radius 2 is 1.84 bits per heavy atom. The molecule has 0 N–H and O–H groups in total. The van der Waals surface area contributed by atoms with Gasteiger partial charge in [0.15, 0.2) is 0 Å². The van der Waals surface area contributed by atoms with Gasteiger partial charge >= 0.3 is 0 Å². The van der Waals surface area contributed by atoms with Gasteiger partial charge in [0.05, 0.1) is 6.04 Å². The summed E-state index contributed by atoms with van der Waals surface area (Å²) in [6.45, 7) is 5.87. The average Bonchev–Trinajstić information content (AvgIpc) is 3.06. The van der Waals surface area contributed by atoms with Gasteiger partial charge in [0.2, 0.25) is 0 Å². The molecule has 1 nitrogen and oxygen atoms in total. The molecule has 0 spiro atoms. The number of thiophene rings is 1. The summed E-state index contributed by atoms with van der Waals surface area (Å²) < 4.78 is 1.29.